The first kappa shape index (κ1) is 21.9. The molecular formula is C14H32NO4P. The molecule has 0 rings (SSSR count). The van der Waals surface area contributed by atoms with Crippen molar-refractivity contribution in [3.63, 3.8) is 0 Å². The molecule has 0 aliphatic rings. The second kappa shape index (κ2) is 16.7. The van der Waals surface area contributed by atoms with Gasteiger partial charge in [0, 0.05) is 19.6 Å². The van der Waals surface area contributed by atoms with E-state index in [1.54, 1.807) is 0 Å². The number of hydrogen-bond donors (Lipinski definition) is 1. The van der Waals surface area contributed by atoms with Crippen molar-refractivity contribution in [3.8, 4) is 0 Å². The van der Waals surface area contributed by atoms with Crippen LogP contribution in [0.2, 0.25) is 0 Å². The molecule has 0 spiro atoms. The van der Waals surface area contributed by atoms with Gasteiger partial charge in [-0.2, -0.15) is 0 Å². The molecule has 5 nitrogen and oxygen atoms in total. The molecule has 0 radical (unpaired) electrons. The minimum atomic E-state index is -2.43. The van der Waals surface area contributed by atoms with E-state index in [9.17, 15) is 9.36 Å². The molecular weight excluding hydrogens is 277 g/mol. The largest absolute Gasteiger partial charge is 0.346 e. The van der Waals surface area contributed by atoms with Crippen LogP contribution in [0.4, 0.5) is 0 Å². The Bertz CT molecular complexity index is 247. The molecule has 0 aliphatic heterocycles. The molecule has 1 unspecified atom stereocenters. The average molecular weight is 309 g/mol. The fourth-order valence-corrected chi connectivity index (χ4v) is 1.67. The fourth-order valence-electron chi connectivity index (χ4n) is 1.21. The Morgan fingerprint density at radius 1 is 1.10 bits per heavy atom. The lowest BCUT2D eigenvalue weighted by molar-refractivity contribution is -0.184. The van der Waals surface area contributed by atoms with Crippen LogP contribution in [0, 0.1) is 0 Å². The third-order valence-corrected chi connectivity index (χ3v) is 3.38. The van der Waals surface area contributed by atoms with Crippen molar-refractivity contribution in [2.24, 2.45) is 0 Å². The zero-order valence-corrected chi connectivity index (χ0v) is 14.5. The molecule has 0 aromatic rings. The van der Waals surface area contributed by atoms with Crippen molar-refractivity contribution in [1.82, 2.24) is 5.06 Å². The highest BCUT2D eigenvalue weighted by Gasteiger charge is 2.09. The van der Waals surface area contributed by atoms with Gasteiger partial charge in [0.25, 0.3) is 0 Å². The van der Waals surface area contributed by atoms with Gasteiger partial charge >= 0.3 is 0 Å². The van der Waals surface area contributed by atoms with Crippen LogP contribution in [0.15, 0.2) is 0 Å². The number of carbonyl (C=O) groups excluding carboxylic acids is 1. The highest BCUT2D eigenvalue weighted by atomic mass is 31.1. The van der Waals surface area contributed by atoms with Crippen LogP contribution < -0.4 is 0 Å². The Hall–Kier alpha value is -0.380. The molecule has 0 saturated heterocycles. The number of rotatable bonds is 10. The first-order valence-electron chi connectivity index (χ1n) is 7.62. The number of unbranched alkanes of at least 4 members (excludes halogenated alkanes) is 3. The van der Waals surface area contributed by atoms with Crippen LogP contribution in [-0.4, -0.2) is 35.2 Å². The summed E-state index contributed by atoms with van der Waals surface area (Å²) in [5.74, 6) is -0.158. The van der Waals surface area contributed by atoms with Crippen molar-refractivity contribution < 1.29 is 19.1 Å². The summed E-state index contributed by atoms with van der Waals surface area (Å²) in [6.45, 7) is 8.81. The highest BCUT2D eigenvalue weighted by Crippen LogP contribution is 2.14. The summed E-state index contributed by atoms with van der Waals surface area (Å²) in [6, 6.07) is 0. The van der Waals surface area contributed by atoms with Crippen molar-refractivity contribution in [3.05, 3.63) is 0 Å². The summed E-state index contributed by atoms with van der Waals surface area (Å²) in [7, 11) is -2.43. The maximum atomic E-state index is 11.2. The summed E-state index contributed by atoms with van der Waals surface area (Å²) in [5, 5.41) is 1.28. The molecule has 0 fully saturated rings. The van der Waals surface area contributed by atoms with E-state index in [1.165, 1.54) is 24.8 Å². The van der Waals surface area contributed by atoms with E-state index in [-0.39, 0.29) is 12.1 Å². The first-order valence-corrected chi connectivity index (χ1v) is 9.18. The molecule has 0 aromatic carbocycles. The minimum absolute atomic E-state index is 0.158. The third kappa shape index (κ3) is 17.6. The standard InChI is InChI=1S/C10H22NO4P.C4H10/c1-3-4-5-8-15-11(10(2)12)7-6-9-16(13)14;1-3-4-2/h16H,3-9H2,1-2H3,(H,13,14);3-4H2,1-2H3. The number of carbonyl (C=O) groups is 1. The molecule has 6 heteroatoms. The second-order valence-corrected chi connectivity index (χ2v) is 5.95. The van der Waals surface area contributed by atoms with Crippen molar-refractivity contribution >= 4 is 13.9 Å². The Labute approximate surface area is 124 Å². The van der Waals surface area contributed by atoms with Gasteiger partial charge in [-0.1, -0.05) is 46.5 Å². The van der Waals surface area contributed by atoms with Crippen LogP contribution in [0.1, 0.15) is 66.2 Å². The molecule has 0 saturated carbocycles. The SMILES string of the molecule is CCCC.CCCCCON(CCC[PH](=O)O)C(C)=O. The molecule has 0 bridgehead atoms. The van der Waals surface area contributed by atoms with Crippen molar-refractivity contribution in [2.45, 2.75) is 66.2 Å². The van der Waals surface area contributed by atoms with Crippen LogP contribution in [0.25, 0.3) is 0 Å². The fraction of sp³-hybridized carbons (Fsp3) is 0.929. The Kier molecular flexibility index (Phi) is 18.3. The zero-order valence-electron chi connectivity index (χ0n) is 13.5. The van der Waals surface area contributed by atoms with Crippen LogP contribution in [0.5, 0.6) is 0 Å². The normalized spacial score (nSPS) is 11.4. The Balaban J connectivity index is 0. The number of amides is 1. The topological polar surface area (TPSA) is 66.8 Å². The summed E-state index contributed by atoms with van der Waals surface area (Å²) in [4.78, 5) is 25.1. The predicted octanol–water partition coefficient (Wildman–Crippen LogP) is 3.62. The predicted molar refractivity (Wildman–Crippen MR) is 84.2 cm³/mol. The first-order chi connectivity index (χ1) is 9.49. The van der Waals surface area contributed by atoms with Gasteiger partial charge in [0.15, 0.2) is 8.03 Å². The molecule has 20 heavy (non-hydrogen) atoms. The van der Waals surface area contributed by atoms with Crippen LogP contribution in [0.3, 0.4) is 0 Å². The number of hydrogen-bond acceptors (Lipinski definition) is 3. The monoisotopic (exact) mass is 309 g/mol. The molecule has 1 amide bonds. The van der Waals surface area contributed by atoms with E-state index in [1.807, 2.05) is 0 Å². The summed E-state index contributed by atoms with van der Waals surface area (Å²) < 4.78 is 10.5. The molecule has 0 aliphatic carbocycles. The van der Waals surface area contributed by atoms with Gasteiger partial charge in [0.2, 0.25) is 5.91 Å². The lowest BCUT2D eigenvalue weighted by Crippen LogP contribution is -2.30. The van der Waals surface area contributed by atoms with Gasteiger partial charge in [-0.3, -0.25) is 14.2 Å². The maximum Gasteiger partial charge on any atom is 0.242 e. The van der Waals surface area contributed by atoms with Gasteiger partial charge < -0.3 is 4.89 Å². The molecule has 1 N–H and O–H groups in total. The smallest absolute Gasteiger partial charge is 0.242 e. The molecule has 1 atom stereocenters. The van der Waals surface area contributed by atoms with E-state index >= 15 is 0 Å². The van der Waals surface area contributed by atoms with E-state index < -0.39 is 8.03 Å². The molecule has 0 aromatic heterocycles. The maximum absolute atomic E-state index is 11.2. The van der Waals surface area contributed by atoms with Crippen molar-refractivity contribution in [1.29, 1.82) is 0 Å². The zero-order chi connectivity index (χ0) is 15.8. The van der Waals surface area contributed by atoms with E-state index in [0.717, 1.165) is 19.3 Å². The van der Waals surface area contributed by atoms with Crippen molar-refractivity contribution in [2.75, 3.05) is 19.3 Å². The van der Waals surface area contributed by atoms with Crippen LogP contribution >= 0.6 is 8.03 Å². The number of hydroxylamine groups is 2. The highest BCUT2D eigenvalue weighted by molar-refractivity contribution is 7.37. The molecule has 122 valence electrons. The van der Waals surface area contributed by atoms with E-state index in [0.29, 0.717) is 19.6 Å². The lowest BCUT2D eigenvalue weighted by Gasteiger charge is -2.19. The average Bonchev–Trinajstić information content (AvgIpc) is 2.41. The Morgan fingerprint density at radius 2 is 1.70 bits per heavy atom. The number of nitrogens with zero attached hydrogens (tertiary/aromatic N) is 1. The van der Waals surface area contributed by atoms with Gasteiger partial charge in [-0.05, 0) is 12.8 Å². The van der Waals surface area contributed by atoms with Gasteiger partial charge in [0.05, 0.1) is 6.61 Å². The van der Waals surface area contributed by atoms with Gasteiger partial charge in [-0.15, -0.1) is 0 Å². The second-order valence-electron chi connectivity index (χ2n) is 4.66. The Morgan fingerprint density at radius 3 is 2.10 bits per heavy atom. The van der Waals surface area contributed by atoms with Gasteiger partial charge in [0.1, 0.15) is 0 Å². The third-order valence-electron chi connectivity index (χ3n) is 2.60. The minimum Gasteiger partial charge on any atom is -0.346 e. The summed E-state index contributed by atoms with van der Waals surface area (Å²) >= 11 is 0. The quantitative estimate of drug-likeness (QED) is 0.380. The summed E-state index contributed by atoms with van der Waals surface area (Å²) in [5.41, 5.74) is 0. The van der Waals surface area contributed by atoms with Crippen LogP contribution in [-0.2, 0) is 14.2 Å². The lowest BCUT2D eigenvalue weighted by atomic mass is 10.3. The van der Waals surface area contributed by atoms with E-state index in [2.05, 4.69) is 20.8 Å². The van der Waals surface area contributed by atoms with E-state index in [4.69, 9.17) is 9.73 Å². The van der Waals surface area contributed by atoms with Gasteiger partial charge in [-0.25, -0.2) is 5.06 Å². The molecule has 0 heterocycles. The summed E-state index contributed by atoms with van der Waals surface area (Å²) in [6.07, 6.45) is 6.50.